The van der Waals surface area contributed by atoms with Crippen molar-refractivity contribution in [3.05, 3.63) is 97.2 Å². The number of allylic oxidation sites excluding steroid dienone is 16. The number of hydrogen-bond acceptors (Lipinski definition) is 6. The maximum atomic E-state index is 12.4. The molecule has 2 N–H and O–H groups in total. The van der Waals surface area contributed by atoms with E-state index in [1.165, 1.54) is 19.3 Å². The zero-order valence-electron chi connectivity index (χ0n) is 32.2. The zero-order chi connectivity index (χ0) is 38.2. The van der Waals surface area contributed by atoms with Gasteiger partial charge in [-0.3, -0.25) is 14.1 Å². The number of unbranched alkanes of at least 4 members (excludes halogenated alkanes) is 8. The molecule has 0 bridgehead atoms. The lowest BCUT2D eigenvalue weighted by molar-refractivity contribution is -0.161. The SMILES string of the molecule is CC/C=C/C/C=C/C/C=C/C/C=C/C/C=C/CCCCCC(=O)O[C@H](COC(=O)CCCC/C=C/C/C=C/C/C=C/CCCCC)COP(=O)(O)O. The molecule has 294 valence electrons. The molecule has 8 nitrogen and oxygen atoms in total. The monoisotopic (exact) mass is 744 g/mol. The zero-order valence-corrected chi connectivity index (χ0v) is 33.1. The Hall–Kier alpha value is -3.03. The summed E-state index contributed by atoms with van der Waals surface area (Å²) in [6.45, 7) is 3.46. The Kier molecular flexibility index (Phi) is 35.5. The molecule has 0 aliphatic carbocycles. The van der Waals surface area contributed by atoms with Crippen LogP contribution in [0.4, 0.5) is 0 Å². The first-order valence-electron chi connectivity index (χ1n) is 19.5. The van der Waals surface area contributed by atoms with Crippen molar-refractivity contribution in [2.45, 2.75) is 148 Å². The highest BCUT2D eigenvalue weighted by molar-refractivity contribution is 7.46. The second-order valence-electron chi connectivity index (χ2n) is 12.5. The van der Waals surface area contributed by atoms with Crippen LogP contribution in [0.25, 0.3) is 0 Å². The minimum absolute atomic E-state index is 0.158. The average Bonchev–Trinajstić information content (AvgIpc) is 3.11. The van der Waals surface area contributed by atoms with E-state index in [0.29, 0.717) is 12.8 Å². The van der Waals surface area contributed by atoms with Gasteiger partial charge in [0, 0.05) is 12.8 Å². The van der Waals surface area contributed by atoms with E-state index in [1.807, 2.05) is 0 Å². The number of carbonyl (C=O) groups excluding carboxylic acids is 2. The molecule has 0 fully saturated rings. The maximum Gasteiger partial charge on any atom is 0.469 e. The van der Waals surface area contributed by atoms with Crippen molar-refractivity contribution < 1.29 is 37.9 Å². The fourth-order valence-electron chi connectivity index (χ4n) is 4.70. The van der Waals surface area contributed by atoms with Gasteiger partial charge in [0.25, 0.3) is 0 Å². The molecule has 1 atom stereocenters. The molecule has 0 aromatic carbocycles. The fraction of sp³-hybridized carbons (Fsp3) is 0.581. The van der Waals surface area contributed by atoms with Crippen LogP contribution >= 0.6 is 7.82 Å². The predicted octanol–water partition coefficient (Wildman–Crippen LogP) is 11.8. The molecule has 52 heavy (non-hydrogen) atoms. The molecule has 0 heterocycles. The van der Waals surface area contributed by atoms with E-state index >= 15 is 0 Å². The third-order valence-electron chi connectivity index (χ3n) is 7.59. The van der Waals surface area contributed by atoms with Crippen molar-refractivity contribution in [3.8, 4) is 0 Å². The molecular formula is C43H69O8P. The summed E-state index contributed by atoms with van der Waals surface area (Å²) in [5.41, 5.74) is 0. The van der Waals surface area contributed by atoms with Gasteiger partial charge in [0.05, 0.1) is 6.61 Å². The van der Waals surface area contributed by atoms with E-state index < -0.39 is 32.5 Å². The molecule has 0 saturated carbocycles. The number of esters is 2. The number of phosphoric acid groups is 1. The number of carbonyl (C=O) groups is 2. The van der Waals surface area contributed by atoms with E-state index in [1.54, 1.807) is 0 Å². The fourth-order valence-corrected chi connectivity index (χ4v) is 5.06. The molecule has 0 aromatic rings. The Morgan fingerprint density at radius 3 is 1.38 bits per heavy atom. The molecule has 0 aliphatic heterocycles. The second-order valence-corrected chi connectivity index (χ2v) is 13.8. The van der Waals surface area contributed by atoms with Crippen LogP contribution in [-0.2, 0) is 28.2 Å². The van der Waals surface area contributed by atoms with Crippen molar-refractivity contribution >= 4 is 19.8 Å². The second kappa shape index (κ2) is 37.7. The third-order valence-corrected chi connectivity index (χ3v) is 8.07. The standard InChI is InChI=1S/C43H69O8P/c1-3-5-7-9-11-13-15-17-19-20-21-22-24-26-28-30-32-34-36-38-43(45)51-41(40-50-52(46,47)48)39-49-42(44)37-35-33-31-29-27-25-23-18-16-14-12-10-8-6-4-2/h5,7,11-14,17-19,21-23,26-29,41H,3-4,6,8-10,15-16,20,24-25,30-40H2,1-2H3,(H2,46,47,48)/b7-5+,13-11+,14-12+,19-17+,22-21+,23-18+,28-26+,29-27+/t41-/m1/s1. The minimum atomic E-state index is -4.78. The molecule has 0 aromatic heterocycles. The van der Waals surface area contributed by atoms with E-state index in [-0.39, 0.29) is 19.4 Å². The summed E-state index contributed by atoms with van der Waals surface area (Å²) in [6, 6.07) is 0. The van der Waals surface area contributed by atoms with E-state index in [4.69, 9.17) is 19.3 Å². The highest BCUT2D eigenvalue weighted by Gasteiger charge is 2.22. The van der Waals surface area contributed by atoms with Crippen LogP contribution in [-0.4, -0.2) is 41.0 Å². The third kappa shape index (κ3) is 39.8. The van der Waals surface area contributed by atoms with Crippen molar-refractivity contribution in [1.82, 2.24) is 0 Å². The first-order chi connectivity index (χ1) is 25.3. The number of rotatable bonds is 34. The van der Waals surface area contributed by atoms with Crippen LogP contribution in [0.2, 0.25) is 0 Å². The molecule has 0 aliphatic rings. The van der Waals surface area contributed by atoms with Gasteiger partial charge >= 0.3 is 19.8 Å². The quantitative estimate of drug-likeness (QED) is 0.0289. The lowest BCUT2D eigenvalue weighted by atomic mass is 10.1. The molecule has 9 heteroatoms. The van der Waals surface area contributed by atoms with Gasteiger partial charge in [-0.15, -0.1) is 0 Å². The van der Waals surface area contributed by atoms with Crippen LogP contribution in [0.15, 0.2) is 97.2 Å². The summed E-state index contributed by atoms with van der Waals surface area (Å²) in [4.78, 5) is 42.7. The molecule has 0 radical (unpaired) electrons. The molecular weight excluding hydrogens is 675 g/mol. The Balaban J connectivity index is 4.12. The lowest BCUT2D eigenvalue weighted by Crippen LogP contribution is -2.29. The summed E-state index contributed by atoms with van der Waals surface area (Å²) in [5, 5.41) is 0. The van der Waals surface area contributed by atoms with Crippen molar-refractivity contribution in [2.75, 3.05) is 13.2 Å². The normalized spacial score (nSPS) is 13.5. The average molecular weight is 745 g/mol. The van der Waals surface area contributed by atoms with E-state index in [2.05, 4.69) is 116 Å². The number of hydrogen-bond donors (Lipinski definition) is 2. The van der Waals surface area contributed by atoms with Gasteiger partial charge < -0.3 is 19.3 Å². The van der Waals surface area contributed by atoms with E-state index in [0.717, 1.165) is 83.5 Å². The minimum Gasteiger partial charge on any atom is -0.462 e. The van der Waals surface area contributed by atoms with Crippen LogP contribution in [0.3, 0.4) is 0 Å². The Bertz CT molecular complexity index is 1160. The summed E-state index contributed by atoms with van der Waals surface area (Å²) < 4.78 is 26.3. The van der Waals surface area contributed by atoms with Gasteiger partial charge in [-0.25, -0.2) is 4.57 Å². The van der Waals surface area contributed by atoms with Crippen molar-refractivity contribution in [3.63, 3.8) is 0 Å². The Morgan fingerprint density at radius 1 is 0.519 bits per heavy atom. The smallest absolute Gasteiger partial charge is 0.462 e. The predicted molar refractivity (Wildman–Crippen MR) is 216 cm³/mol. The van der Waals surface area contributed by atoms with Crippen LogP contribution in [0.5, 0.6) is 0 Å². The van der Waals surface area contributed by atoms with Crippen LogP contribution in [0.1, 0.15) is 142 Å². The van der Waals surface area contributed by atoms with Crippen molar-refractivity contribution in [2.24, 2.45) is 0 Å². The highest BCUT2D eigenvalue weighted by atomic mass is 31.2. The first-order valence-corrected chi connectivity index (χ1v) is 21.1. The van der Waals surface area contributed by atoms with E-state index in [9.17, 15) is 14.2 Å². The van der Waals surface area contributed by atoms with Gasteiger partial charge in [-0.05, 0) is 96.3 Å². The van der Waals surface area contributed by atoms with Gasteiger partial charge in [-0.2, -0.15) is 0 Å². The molecule has 0 saturated heterocycles. The maximum absolute atomic E-state index is 12.4. The number of phosphoric ester groups is 1. The van der Waals surface area contributed by atoms with Crippen LogP contribution in [0, 0.1) is 0 Å². The summed E-state index contributed by atoms with van der Waals surface area (Å²) in [6.07, 6.45) is 51.3. The molecule has 0 spiro atoms. The molecule has 0 rings (SSSR count). The largest absolute Gasteiger partial charge is 0.469 e. The Labute approximate surface area is 315 Å². The molecule has 0 unspecified atom stereocenters. The van der Waals surface area contributed by atoms with Gasteiger partial charge in [0.1, 0.15) is 6.61 Å². The van der Waals surface area contributed by atoms with Gasteiger partial charge in [0.15, 0.2) is 6.10 Å². The number of ether oxygens (including phenoxy) is 2. The lowest BCUT2D eigenvalue weighted by Gasteiger charge is -2.18. The van der Waals surface area contributed by atoms with Crippen LogP contribution < -0.4 is 0 Å². The molecule has 0 amide bonds. The van der Waals surface area contributed by atoms with Gasteiger partial charge in [0.2, 0.25) is 0 Å². The topological polar surface area (TPSA) is 119 Å². The first kappa shape index (κ1) is 49.0. The highest BCUT2D eigenvalue weighted by Crippen LogP contribution is 2.35. The van der Waals surface area contributed by atoms with Gasteiger partial charge in [-0.1, -0.05) is 130 Å². The van der Waals surface area contributed by atoms with Crippen molar-refractivity contribution in [1.29, 1.82) is 0 Å². The summed E-state index contributed by atoms with van der Waals surface area (Å²) in [5.74, 6) is -0.979. The summed E-state index contributed by atoms with van der Waals surface area (Å²) in [7, 11) is -4.78. The Morgan fingerprint density at radius 2 is 0.923 bits per heavy atom. The summed E-state index contributed by atoms with van der Waals surface area (Å²) >= 11 is 0.